The number of aromatic nitrogens is 1. The number of rotatable bonds is 2. The van der Waals surface area contributed by atoms with Gasteiger partial charge in [-0.25, -0.2) is 4.79 Å². The lowest BCUT2D eigenvalue weighted by Gasteiger charge is -2.07. The molecule has 5 nitrogen and oxygen atoms in total. The van der Waals surface area contributed by atoms with E-state index < -0.39 is 5.97 Å². The Bertz CT molecular complexity index is 325. The van der Waals surface area contributed by atoms with Gasteiger partial charge >= 0.3 is 5.97 Å². The fraction of sp³-hybridized carbons (Fsp3) is 0.250. The molecule has 0 radical (unpaired) electrons. The highest BCUT2D eigenvalue weighted by Crippen LogP contribution is 2.22. The molecule has 0 saturated carbocycles. The molecule has 0 atom stereocenters. The topological polar surface area (TPSA) is 74.4 Å². The van der Waals surface area contributed by atoms with Crippen molar-refractivity contribution in [1.82, 2.24) is 4.98 Å². The third-order valence-electron chi connectivity index (χ3n) is 1.55. The van der Waals surface area contributed by atoms with E-state index in [9.17, 15) is 4.79 Å². The van der Waals surface area contributed by atoms with Gasteiger partial charge < -0.3 is 15.2 Å². The number of esters is 1. The first-order chi connectivity index (χ1) is 6.20. The molecule has 0 aliphatic carbocycles. The lowest BCUT2D eigenvalue weighted by Crippen LogP contribution is -2.08. The summed E-state index contributed by atoms with van der Waals surface area (Å²) in [6, 6.07) is 0. The largest absolute Gasteiger partial charge is 0.494 e. The average Bonchev–Trinajstić information content (AvgIpc) is 2.16. The highest BCUT2D eigenvalue weighted by Gasteiger charge is 2.16. The van der Waals surface area contributed by atoms with Gasteiger partial charge in [-0.3, -0.25) is 4.98 Å². The third-order valence-corrected chi connectivity index (χ3v) is 1.55. The monoisotopic (exact) mass is 182 g/mol. The van der Waals surface area contributed by atoms with Crippen molar-refractivity contribution < 1.29 is 14.3 Å². The van der Waals surface area contributed by atoms with Gasteiger partial charge in [0.2, 0.25) is 0 Å². The maximum atomic E-state index is 11.2. The maximum absolute atomic E-state index is 11.2. The summed E-state index contributed by atoms with van der Waals surface area (Å²) < 4.78 is 9.44. The molecule has 0 aromatic carbocycles. The van der Waals surface area contributed by atoms with Crippen molar-refractivity contribution in [3.63, 3.8) is 0 Å². The molecular formula is C8H10N2O3. The molecule has 1 heterocycles. The van der Waals surface area contributed by atoms with E-state index in [0.717, 1.165) is 0 Å². The molecule has 1 aromatic heterocycles. The quantitative estimate of drug-likeness (QED) is 0.672. The molecule has 1 rings (SSSR count). The smallest absolute Gasteiger partial charge is 0.343 e. The second-order valence-corrected chi connectivity index (χ2v) is 2.30. The summed E-state index contributed by atoms with van der Waals surface area (Å²) in [6.45, 7) is 0. The number of hydrogen-bond donors (Lipinski definition) is 1. The number of nitrogen functional groups attached to an aromatic ring is 1. The number of anilines is 1. The Morgan fingerprint density at radius 3 is 2.69 bits per heavy atom. The first-order valence-corrected chi connectivity index (χ1v) is 3.56. The molecule has 5 heteroatoms. The number of ether oxygens (including phenoxy) is 2. The molecule has 0 aliphatic heterocycles. The van der Waals surface area contributed by atoms with E-state index >= 15 is 0 Å². The second-order valence-electron chi connectivity index (χ2n) is 2.30. The Morgan fingerprint density at radius 2 is 2.15 bits per heavy atom. The zero-order valence-electron chi connectivity index (χ0n) is 7.40. The van der Waals surface area contributed by atoms with Gasteiger partial charge in [0.1, 0.15) is 5.56 Å². The highest BCUT2D eigenvalue weighted by molar-refractivity contribution is 5.97. The van der Waals surface area contributed by atoms with Gasteiger partial charge in [0.15, 0.2) is 5.75 Å². The van der Waals surface area contributed by atoms with Crippen LogP contribution in [0.25, 0.3) is 0 Å². The predicted molar refractivity (Wildman–Crippen MR) is 46.5 cm³/mol. The lowest BCUT2D eigenvalue weighted by molar-refractivity contribution is 0.0598. The van der Waals surface area contributed by atoms with Crippen molar-refractivity contribution in [2.45, 2.75) is 0 Å². The molecule has 0 unspecified atom stereocenters. The van der Waals surface area contributed by atoms with Gasteiger partial charge in [-0.05, 0) is 0 Å². The van der Waals surface area contributed by atoms with Crippen LogP contribution in [0, 0.1) is 0 Å². The van der Waals surface area contributed by atoms with Crippen molar-refractivity contribution in [1.29, 1.82) is 0 Å². The molecule has 0 saturated heterocycles. The minimum absolute atomic E-state index is 0.208. The van der Waals surface area contributed by atoms with E-state index in [-0.39, 0.29) is 11.3 Å². The minimum atomic E-state index is -0.531. The highest BCUT2D eigenvalue weighted by atomic mass is 16.5. The Morgan fingerprint density at radius 1 is 1.46 bits per heavy atom. The van der Waals surface area contributed by atoms with Gasteiger partial charge in [-0.15, -0.1) is 0 Å². The summed E-state index contributed by atoms with van der Waals surface area (Å²) in [6.07, 6.45) is 2.78. The normalized spacial score (nSPS) is 9.38. The van der Waals surface area contributed by atoms with Crippen LogP contribution in [0.4, 0.5) is 5.69 Å². The Balaban J connectivity index is 3.22. The van der Waals surface area contributed by atoms with Crippen LogP contribution >= 0.6 is 0 Å². The number of methoxy groups -OCH3 is 2. The summed E-state index contributed by atoms with van der Waals surface area (Å²) in [7, 11) is 2.71. The Hall–Kier alpha value is -1.78. The number of nitrogens with two attached hydrogens (primary N) is 1. The summed E-state index contributed by atoms with van der Waals surface area (Å²) in [4.78, 5) is 15.0. The van der Waals surface area contributed by atoms with Gasteiger partial charge in [-0.1, -0.05) is 0 Å². The predicted octanol–water partition coefficient (Wildman–Crippen LogP) is 0.459. The molecule has 13 heavy (non-hydrogen) atoms. The van der Waals surface area contributed by atoms with E-state index in [1.807, 2.05) is 0 Å². The summed E-state index contributed by atoms with van der Waals surface area (Å²) in [5, 5.41) is 0. The molecule has 0 spiro atoms. The minimum Gasteiger partial charge on any atom is -0.494 e. The van der Waals surface area contributed by atoms with Crippen LogP contribution in [0.2, 0.25) is 0 Å². The van der Waals surface area contributed by atoms with Crippen molar-refractivity contribution in [2.24, 2.45) is 0 Å². The van der Waals surface area contributed by atoms with Gasteiger partial charge in [-0.2, -0.15) is 0 Å². The average molecular weight is 182 g/mol. The number of pyridine rings is 1. The molecule has 0 fully saturated rings. The van der Waals surface area contributed by atoms with E-state index in [1.165, 1.54) is 26.6 Å². The van der Waals surface area contributed by atoms with Crippen molar-refractivity contribution in [3.8, 4) is 5.75 Å². The number of nitrogens with zero attached hydrogens (tertiary/aromatic N) is 1. The molecular weight excluding hydrogens is 172 g/mol. The van der Waals surface area contributed by atoms with E-state index in [4.69, 9.17) is 10.5 Å². The number of hydrogen-bond acceptors (Lipinski definition) is 5. The molecule has 0 aliphatic rings. The van der Waals surface area contributed by atoms with Crippen LogP contribution in [0.5, 0.6) is 5.75 Å². The van der Waals surface area contributed by atoms with E-state index in [0.29, 0.717) is 5.75 Å². The number of carbonyl (C=O) groups excluding carboxylic acids is 1. The van der Waals surface area contributed by atoms with Gasteiger partial charge in [0, 0.05) is 0 Å². The van der Waals surface area contributed by atoms with E-state index in [1.54, 1.807) is 0 Å². The number of carbonyl (C=O) groups is 1. The molecule has 2 N–H and O–H groups in total. The summed E-state index contributed by atoms with van der Waals surface area (Å²) in [5.41, 5.74) is 5.98. The third kappa shape index (κ3) is 1.69. The summed E-state index contributed by atoms with van der Waals surface area (Å²) in [5.74, 6) is -0.219. The summed E-state index contributed by atoms with van der Waals surface area (Å²) >= 11 is 0. The SMILES string of the molecule is COC(=O)c1c(N)cncc1OC. The molecule has 0 amide bonds. The zero-order valence-corrected chi connectivity index (χ0v) is 7.40. The van der Waals surface area contributed by atoms with Crippen LogP contribution in [-0.4, -0.2) is 25.2 Å². The van der Waals surface area contributed by atoms with Crippen LogP contribution in [-0.2, 0) is 4.74 Å². The van der Waals surface area contributed by atoms with Gasteiger partial charge in [0.25, 0.3) is 0 Å². The molecule has 1 aromatic rings. The van der Waals surface area contributed by atoms with Crippen LogP contribution < -0.4 is 10.5 Å². The Labute approximate surface area is 75.5 Å². The van der Waals surface area contributed by atoms with Crippen molar-refractivity contribution >= 4 is 11.7 Å². The van der Waals surface area contributed by atoms with E-state index in [2.05, 4.69) is 9.72 Å². The first-order valence-electron chi connectivity index (χ1n) is 3.56. The van der Waals surface area contributed by atoms with Crippen LogP contribution in [0.15, 0.2) is 12.4 Å². The van der Waals surface area contributed by atoms with Crippen LogP contribution in [0.1, 0.15) is 10.4 Å². The van der Waals surface area contributed by atoms with Gasteiger partial charge in [0.05, 0.1) is 32.3 Å². The molecule has 70 valence electrons. The first kappa shape index (κ1) is 9.31. The zero-order chi connectivity index (χ0) is 9.84. The Kier molecular flexibility index (Phi) is 2.69. The standard InChI is InChI=1S/C8H10N2O3/c1-12-6-4-10-3-5(9)7(6)8(11)13-2/h3-4H,9H2,1-2H3. The second kappa shape index (κ2) is 3.75. The lowest BCUT2D eigenvalue weighted by atomic mass is 10.2. The van der Waals surface area contributed by atoms with Crippen molar-refractivity contribution in [2.75, 3.05) is 20.0 Å². The fourth-order valence-corrected chi connectivity index (χ4v) is 0.932. The van der Waals surface area contributed by atoms with Crippen molar-refractivity contribution in [3.05, 3.63) is 18.0 Å². The fourth-order valence-electron chi connectivity index (χ4n) is 0.932. The maximum Gasteiger partial charge on any atom is 0.343 e. The van der Waals surface area contributed by atoms with Crippen LogP contribution in [0.3, 0.4) is 0 Å². The molecule has 0 bridgehead atoms.